The molecule has 4 N–H and O–H groups in total. The summed E-state index contributed by atoms with van der Waals surface area (Å²) in [6, 6.07) is 2.36. The Bertz CT molecular complexity index is 538. The lowest BCUT2D eigenvalue weighted by Gasteiger charge is -2.45. The average molecular weight is 372 g/mol. The molecule has 2 bridgehead atoms. The molecule has 1 aromatic rings. The molecule has 0 aromatic carbocycles. The van der Waals surface area contributed by atoms with Crippen LogP contribution in [-0.4, -0.2) is 30.4 Å². The zero-order chi connectivity index (χ0) is 16.2. The molecule has 0 saturated heterocycles. The smallest absolute Gasteiger partial charge is 0.252 e. The number of amides is 2. The lowest BCUT2D eigenvalue weighted by molar-refractivity contribution is -0.123. The Morgan fingerprint density at radius 3 is 2.58 bits per heavy atom. The van der Waals surface area contributed by atoms with Crippen LogP contribution < -0.4 is 16.4 Å². The van der Waals surface area contributed by atoms with Crippen molar-refractivity contribution >= 4 is 35.6 Å². The van der Waals surface area contributed by atoms with Gasteiger partial charge in [-0.1, -0.05) is 6.42 Å². The standard InChI is InChI=1S/C17H25N3O2S.ClH/c18-14-8-11-2-1-3-12(9-14)16(11)20-15(21)4-6-19-17(22)13-5-7-23-10-13;/h5,7,10-12,14,16H,1-4,6,8-9,18H2,(H,19,22)(H,20,21);1H. The second-order valence-electron chi connectivity index (χ2n) is 6.79. The molecule has 7 heteroatoms. The number of nitrogens with one attached hydrogen (secondary N) is 2. The third-order valence-corrected chi connectivity index (χ3v) is 5.81. The molecule has 2 amide bonds. The van der Waals surface area contributed by atoms with Crippen molar-refractivity contribution in [2.45, 2.75) is 50.6 Å². The number of thiophene rings is 1. The van der Waals surface area contributed by atoms with E-state index in [1.807, 2.05) is 10.8 Å². The van der Waals surface area contributed by atoms with Crippen molar-refractivity contribution in [1.82, 2.24) is 10.6 Å². The van der Waals surface area contributed by atoms with Gasteiger partial charge in [0.25, 0.3) is 5.91 Å². The molecule has 24 heavy (non-hydrogen) atoms. The molecular formula is C17H26ClN3O2S. The molecule has 0 aliphatic heterocycles. The lowest BCUT2D eigenvalue weighted by Crippen LogP contribution is -2.54. The number of hydrogen-bond acceptors (Lipinski definition) is 4. The minimum Gasteiger partial charge on any atom is -0.353 e. The van der Waals surface area contributed by atoms with Crippen molar-refractivity contribution in [3.63, 3.8) is 0 Å². The average Bonchev–Trinajstić information content (AvgIpc) is 3.02. The first kappa shape index (κ1) is 19.2. The summed E-state index contributed by atoms with van der Waals surface area (Å²) in [5, 5.41) is 9.68. The van der Waals surface area contributed by atoms with Gasteiger partial charge in [0.2, 0.25) is 5.91 Å². The van der Waals surface area contributed by atoms with Crippen molar-refractivity contribution in [1.29, 1.82) is 0 Å². The van der Waals surface area contributed by atoms with E-state index in [1.165, 1.54) is 30.6 Å². The highest BCUT2D eigenvalue weighted by Crippen LogP contribution is 2.39. The van der Waals surface area contributed by atoms with Gasteiger partial charge >= 0.3 is 0 Å². The lowest BCUT2D eigenvalue weighted by atomic mass is 9.67. The molecular weight excluding hydrogens is 346 g/mol. The molecule has 1 heterocycles. The van der Waals surface area contributed by atoms with Gasteiger partial charge in [0.1, 0.15) is 0 Å². The van der Waals surface area contributed by atoms with Gasteiger partial charge in [0, 0.05) is 36.0 Å². The van der Waals surface area contributed by atoms with Crippen molar-refractivity contribution in [3.8, 4) is 0 Å². The van der Waals surface area contributed by atoms with Crippen LogP contribution in [0.4, 0.5) is 0 Å². The van der Waals surface area contributed by atoms with Gasteiger partial charge in [0.05, 0.1) is 0 Å². The Labute approximate surface area is 153 Å². The quantitative estimate of drug-likeness (QED) is 0.742. The van der Waals surface area contributed by atoms with E-state index in [0.29, 0.717) is 36.4 Å². The molecule has 2 aliphatic carbocycles. The number of hydrogen-bond donors (Lipinski definition) is 3. The highest BCUT2D eigenvalue weighted by Gasteiger charge is 2.39. The summed E-state index contributed by atoms with van der Waals surface area (Å²) in [5.74, 6) is 0.983. The fourth-order valence-electron chi connectivity index (χ4n) is 4.07. The van der Waals surface area contributed by atoms with E-state index in [2.05, 4.69) is 10.6 Å². The first-order valence-corrected chi connectivity index (χ1v) is 9.43. The number of fused-ring (bicyclic) bond motifs is 2. The van der Waals surface area contributed by atoms with E-state index < -0.39 is 0 Å². The van der Waals surface area contributed by atoms with Crippen molar-refractivity contribution in [2.75, 3.05) is 6.54 Å². The molecule has 2 aliphatic rings. The SMILES string of the molecule is Cl.NC1CC2CCCC(C1)C2NC(=O)CCNC(=O)c1ccsc1. The van der Waals surface area contributed by atoms with Crippen molar-refractivity contribution < 1.29 is 9.59 Å². The van der Waals surface area contributed by atoms with Crippen molar-refractivity contribution in [2.24, 2.45) is 17.6 Å². The maximum Gasteiger partial charge on any atom is 0.252 e. The van der Waals surface area contributed by atoms with Gasteiger partial charge in [0.15, 0.2) is 0 Å². The van der Waals surface area contributed by atoms with E-state index in [9.17, 15) is 9.59 Å². The highest BCUT2D eigenvalue weighted by atomic mass is 35.5. The maximum absolute atomic E-state index is 12.2. The molecule has 5 nitrogen and oxygen atoms in total. The Hall–Kier alpha value is -1.11. The summed E-state index contributed by atoms with van der Waals surface area (Å²) in [4.78, 5) is 24.0. The van der Waals surface area contributed by atoms with Crippen LogP contribution in [0.3, 0.4) is 0 Å². The van der Waals surface area contributed by atoms with Crippen molar-refractivity contribution in [3.05, 3.63) is 22.4 Å². The van der Waals surface area contributed by atoms with Crippen LogP contribution in [-0.2, 0) is 4.79 Å². The molecule has 3 rings (SSSR count). The minimum absolute atomic E-state index is 0. The summed E-state index contributed by atoms with van der Waals surface area (Å²) in [6.07, 6.45) is 5.98. The van der Waals surface area contributed by atoms with E-state index in [1.54, 1.807) is 6.07 Å². The predicted octanol–water partition coefficient (Wildman–Crippen LogP) is 2.31. The van der Waals surface area contributed by atoms with Gasteiger partial charge in [-0.25, -0.2) is 0 Å². The number of carbonyl (C=O) groups excluding carboxylic acids is 2. The zero-order valence-electron chi connectivity index (χ0n) is 13.7. The maximum atomic E-state index is 12.2. The van der Waals surface area contributed by atoms with Gasteiger partial charge < -0.3 is 16.4 Å². The first-order chi connectivity index (χ1) is 11.1. The Morgan fingerprint density at radius 1 is 1.25 bits per heavy atom. The van der Waals surface area contributed by atoms with E-state index in [-0.39, 0.29) is 30.3 Å². The molecule has 2 unspecified atom stereocenters. The molecule has 0 radical (unpaired) electrons. The Balaban J connectivity index is 0.00000208. The third-order valence-electron chi connectivity index (χ3n) is 5.13. The Morgan fingerprint density at radius 2 is 1.96 bits per heavy atom. The van der Waals surface area contributed by atoms with E-state index in [0.717, 1.165) is 12.8 Å². The third kappa shape index (κ3) is 4.71. The van der Waals surface area contributed by atoms with Crippen LogP contribution in [0.2, 0.25) is 0 Å². The van der Waals surface area contributed by atoms with Gasteiger partial charge in [-0.15, -0.1) is 12.4 Å². The Kier molecular flexibility index (Phi) is 7.07. The summed E-state index contributed by atoms with van der Waals surface area (Å²) < 4.78 is 0. The van der Waals surface area contributed by atoms with Crippen LogP contribution in [0.1, 0.15) is 48.9 Å². The second kappa shape index (κ2) is 8.83. The van der Waals surface area contributed by atoms with Gasteiger partial charge in [-0.05, 0) is 49.0 Å². The summed E-state index contributed by atoms with van der Waals surface area (Å²) in [5.41, 5.74) is 6.78. The second-order valence-corrected chi connectivity index (χ2v) is 7.57. The number of halogens is 1. The van der Waals surface area contributed by atoms with E-state index >= 15 is 0 Å². The topological polar surface area (TPSA) is 84.2 Å². The predicted molar refractivity (Wildman–Crippen MR) is 98.5 cm³/mol. The fourth-order valence-corrected chi connectivity index (χ4v) is 4.70. The van der Waals surface area contributed by atoms with Crippen LogP contribution in [0.25, 0.3) is 0 Å². The van der Waals surface area contributed by atoms with E-state index in [4.69, 9.17) is 5.73 Å². The normalized spacial score (nSPS) is 28.5. The molecule has 0 spiro atoms. The van der Waals surface area contributed by atoms with Gasteiger partial charge in [-0.2, -0.15) is 11.3 Å². The van der Waals surface area contributed by atoms with Crippen LogP contribution in [0.5, 0.6) is 0 Å². The van der Waals surface area contributed by atoms with Crippen LogP contribution >= 0.6 is 23.7 Å². The molecule has 134 valence electrons. The first-order valence-electron chi connectivity index (χ1n) is 8.49. The molecule has 2 saturated carbocycles. The largest absolute Gasteiger partial charge is 0.353 e. The highest BCUT2D eigenvalue weighted by molar-refractivity contribution is 7.08. The molecule has 2 atom stereocenters. The zero-order valence-corrected chi connectivity index (χ0v) is 15.3. The van der Waals surface area contributed by atoms with Gasteiger partial charge in [-0.3, -0.25) is 9.59 Å². The van der Waals surface area contributed by atoms with Crippen LogP contribution in [0.15, 0.2) is 16.8 Å². The minimum atomic E-state index is -0.112. The fraction of sp³-hybridized carbons (Fsp3) is 0.647. The monoisotopic (exact) mass is 371 g/mol. The number of rotatable bonds is 5. The summed E-state index contributed by atoms with van der Waals surface area (Å²) >= 11 is 1.49. The summed E-state index contributed by atoms with van der Waals surface area (Å²) in [6.45, 7) is 0.377. The molecule has 2 fully saturated rings. The number of carbonyl (C=O) groups is 2. The van der Waals surface area contributed by atoms with Crippen LogP contribution in [0, 0.1) is 11.8 Å². The molecule has 1 aromatic heterocycles. The number of nitrogens with two attached hydrogens (primary N) is 1. The summed E-state index contributed by atoms with van der Waals surface area (Å²) in [7, 11) is 0.